The molecular formula is C22H24F3N3O. The number of hydrogen-bond donors (Lipinski definition) is 1. The van der Waals surface area contributed by atoms with Gasteiger partial charge in [0, 0.05) is 24.7 Å². The zero-order chi connectivity index (χ0) is 20.6. The number of nitrogens with zero attached hydrogens (tertiary/aromatic N) is 2. The number of pyridine rings is 1. The fourth-order valence-electron chi connectivity index (χ4n) is 4.90. The topological polar surface area (TPSA) is 45.2 Å². The molecule has 1 amide bonds. The molecule has 2 fully saturated rings. The third kappa shape index (κ3) is 3.75. The third-order valence-electron chi connectivity index (χ3n) is 6.28. The molecule has 0 bridgehead atoms. The highest BCUT2D eigenvalue weighted by atomic mass is 19.4. The number of hydrogen-bond acceptors (Lipinski definition) is 3. The minimum atomic E-state index is -4.34. The monoisotopic (exact) mass is 403 g/mol. The summed E-state index contributed by atoms with van der Waals surface area (Å²) < 4.78 is 38.5. The van der Waals surface area contributed by atoms with Gasteiger partial charge in [0.05, 0.1) is 17.3 Å². The van der Waals surface area contributed by atoms with Gasteiger partial charge in [0.25, 0.3) is 0 Å². The lowest BCUT2D eigenvalue weighted by atomic mass is 9.85. The van der Waals surface area contributed by atoms with Crippen LogP contribution in [0.5, 0.6) is 0 Å². The van der Waals surface area contributed by atoms with Crippen LogP contribution in [0.15, 0.2) is 42.6 Å². The summed E-state index contributed by atoms with van der Waals surface area (Å²) in [4.78, 5) is 19.0. The fourth-order valence-corrected chi connectivity index (χ4v) is 4.90. The highest BCUT2D eigenvalue weighted by Gasteiger charge is 2.48. The summed E-state index contributed by atoms with van der Waals surface area (Å²) in [7, 11) is 0. The van der Waals surface area contributed by atoms with E-state index in [1.54, 1.807) is 6.20 Å². The molecule has 1 aromatic carbocycles. The van der Waals surface area contributed by atoms with Crippen LogP contribution in [0.1, 0.15) is 49.9 Å². The first-order valence-electron chi connectivity index (χ1n) is 9.99. The third-order valence-corrected chi connectivity index (χ3v) is 6.28. The predicted molar refractivity (Wildman–Crippen MR) is 104 cm³/mol. The van der Waals surface area contributed by atoms with Crippen molar-refractivity contribution in [3.63, 3.8) is 0 Å². The van der Waals surface area contributed by atoms with Crippen LogP contribution in [0, 0.1) is 0 Å². The van der Waals surface area contributed by atoms with Crippen LogP contribution in [-0.2, 0) is 11.0 Å². The molecule has 2 aromatic rings. The van der Waals surface area contributed by atoms with Gasteiger partial charge in [0.1, 0.15) is 0 Å². The van der Waals surface area contributed by atoms with Gasteiger partial charge in [0.2, 0.25) is 5.91 Å². The fraction of sp³-hybridized carbons (Fsp3) is 0.455. The summed E-state index contributed by atoms with van der Waals surface area (Å²) >= 11 is 0. The Kier molecular flexibility index (Phi) is 5.11. The second-order valence-electron chi connectivity index (χ2n) is 7.89. The van der Waals surface area contributed by atoms with Crippen molar-refractivity contribution < 1.29 is 18.0 Å². The van der Waals surface area contributed by atoms with E-state index in [0.29, 0.717) is 13.0 Å². The highest BCUT2D eigenvalue weighted by Crippen LogP contribution is 2.46. The average molecular weight is 403 g/mol. The van der Waals surface area contributed by atoms with Crippen molar-refractivity contribution in [3.05, 3.63) is 53.9 Å². The first-order chi connectivity index (χ1) is 13.8. The summed E-state index contributed by atoms with van der Waals surface area (Å²) in [6.07, 6.45) is 0.691. The highest BCUT2D eigenvalue weighted by molar-refractivity contribution is 5.78. The molecule has 4 nitrogen and oxygen atoms in total. The standard InChI is InChI=1S/C22H24F3N3O/c1-2-28-19(7-9-21(28)10-12-27-20(29)14-21)18-13-16(8-11-26-18)15-3-5-17(6-4-15)22(23,24)25/h3-6,8,11,13,19H,2,7,9-10,12,14H2,1H3,(H,27,29)/t19-,21?/m0/s1. The second kappa shape index (κ2) is 7.44. The summed E-state index contributed by atoms with van der Waals surface area (Å²) in [6, 6.07) is 9.12. The molecular weight excluding hydrogens is 379 g/mol. The molecule has 29 heavy (non-hydrogen) atoms. The Morgan fingerprint density at radius 1 is 1.17 bits per heavy atom. The molecule has 1 N–H and O–H groups in total. The minimum absolute atomic E-state index is 0.0989. The van der Waals surface area contributed by atoms with E-state index in [1.165, 1.54) is 12.1 Å². The first kappa shape index (κ1) is 19.9. The number of carbonyl (C=O) groups excluding carboxylic acids is 1. The van der Waals surface area contributed by atoms with Gasteiger partial charge in [-0.15, -0.1) is 0 Å². The Morgan fingerprint density at radius 2 is 1.93 bits per heavy atom. The number of aromatic nitrogens is 1. The lowest BCUT2D eigenvalue weighted by Crippen LogP contribution is -2.53. The lowest BCUT2D eigenvalue weighted by Gasteiger charge is -2.42. The van der Waals surface area contributed by atoms with Crippen LogP contribution in [0.3, 0.4) is 0 Å². The van der Waals surface area contributed by atoms with Gasteiger partial charge in [-0.25, -0.2) is 0 Å². The first-order valence-corrected chi connectivity index (χ1v) is 9.99. The van der Waals surface area contributed by atoms with E-state index in [9.17, 15) is 18.0 Å². The number of carbonyl (C=O) groups is 1. The maximum absolute atomic E-state index is 12.8. The molecule has 1 aromatic heterocycles. The summed E-state index contributed by atoms with van der Waals surface area (Å²) in [5.41, 5.74) is 1.72. The Bertz CT molecular complexity index is 897. The number of alkyl halides is 3. The molecule has 1 unspecified atom stereocenters. The summed E-state index contributed by atoms with van der Waals surface area (Å²) in [5, 5.41) is 2.92. The van der Waals surface area contributed by atoms with Crippen molar-refractivity contribution in [2.24, 2.45) is 0 Å². The van der Waals surface area contributed by atoms with Crippen LogP contribution in [0.2, 0.25) is 0 Å². The number of amides is 1. The van der Waals surface area contributed by atoms with Crippen molar-refractivity contribution in [1.29, 1.82) is 0 Å². The molecule has 3 heterocycles. The molecule has 2 atom stereocenters. The van der Waals surface area contributed by atoms with Gasteiger partial charge in [-0.3, -0.25) is 14.7 Å². The zero-order valence-electron chi connectivity index (χ0n) is 16.3. The van der Waals surface area contributed by atoms with E-state index in [-0.39, 0.29) is 17.5 Å². The van der Waals surface area contributed by atoms with Gasteiger partial charge in [-0.2, -0.15) is 13.2 Å². The Morgan fingerprint density at radius 3 is 2.59 bits per heavy atom. The van der Waals surface area contributed by atoms with Crippen molar-refractivity contribution in [2.75, 3.05) is 13.1 Å². The van der Waals surface area contributed by atoms with Crippen LogP contribution in [0.25, 0.3) is 11.1 Å². The van der Waals surface area contributed by atoms with Crippen LogP contribution in [-0.4, -0.2) is 34.4 Å². The zero-order valence-corrected chi connectivity index (χ0v) is 16.3. The number of piperidine rings is 1. The van der Waals surface area contributed by atoms with Crippen LogP contribution in [0.4, 0.5) is 13.2 Å². The minimum Gasteiger partial charge on any atom is -0.356 e. The summed E-state index contributed by atoms with van der Waals surface area (Å²) in [5.74, 6) is 0.0989. The molecule has 4 rings (SSSR count). The molecule has 1 spiro atoms. The lowest BCUT2D eigenvalue weighted by molar-refractivity contribution is -0.137. The van der Waals surface area contributed by atoms with Crippen molar-refractivity contribution >= 4 is 5.91 Å². The number of rotatable bonds is 3. The molecule has 154 valence electrons. The quantitative estimate of drug-likeness (QED) is 0.816. The van der Waals surface area contributed by atoms with Crippen molar-refractivity contribution in [2.45, 2.75) is 50.4 Å². The maximum Gasteiger partial charge on any atom is 0.416 e. The number of halogens is 3. The molecule has 2 aliphatic rings. The second-order valence-corrected chi connectivity index (χ2v) is 7.89. The molecule has 0 saturated carbocycles. The van der Waals surface area contributed by atoms with Crippen LogP contribution >= 0.6 is 0 Å². The van der Waals surface area contributed by atoms with Gasteiger partial charge >= 0.3 is 6.18 Å². The Balaban J connectivity index is 1.61. The van der Waals surface area contributed by atoms with Crippen molar-refractivity contribution in [1.82, 2.24) is 15.2 Å². The number of nitrogens with one attached hydrogen (secondary N) is 1. The smallest absolute Gasteiger partial charge is 0.356 e. The largest absolute Gasteiger partial charge is 0.416 e. The van der Waals surface area contributed by atoms with Gasteiger partial charge in [0.15, 0.2) is 0 Å². The van der Waals surface area contributed by atoms with E-state index in [0.717, 1.165) is 54.8 Å². The summed E-state index contributed by atoms with van der Waals surface area (Å²) in [6.45, 7) is 3.62. The van der Waals surface area contributed by atoms with E-state index < -0.39 is 11.7 Å². The van der Waals surface area contributed by atoms with E-state index in [1.807, 2.05) is 12.1 Å². The Labute approximate surface area is 168 Å². The van der Waals surface area contributed by atoms with E-state index in [2.05, 4.69) is 22.1 Å². The van der Waals surface area contributed by atoms with E-state index in [4.69, 9.17) is 0 Å². The predicted octanol–water partition coefficient (Wildman–Crippen LogP) is 4.57. The van der Waals surface area contributed by atoms with Gasteiger partial charge in [-0.1, -0.05) is 19.1 Å². The van der Waals surface area contributed by atoms with Gasteiger partial charge in [-0.05, 0) is 61.2 Å². The van der Waals surface area contributed by atoms with E-state index >= 15 is 0 Å². The van der Waals surface area contributed by atoms with Crippen LogP contribution < -0.4 is 5.32 Å². The molecule has 0 aliphatic carbocycles. The number of benzene rings is 1. The van der Waals surface area contributed by atoms with Crippen molar-refractivity contribution in [3.8, 4) is 11.1 Å². The number of likely N-dealkylation sites (tertiary alicyclic amines) is 1. The Hall–Kier alpha value is -2.41. The van der Waals surface area contributed by atoms with Gasteiger partial charge < -0.3 is 5.32 Å². The molecule has 7 heteroatoms. The normalized spacial score (nSPS) is 25.4. The maximum atomic E-state index is 12.8. The SMILES string of the molecule is CCN1[C@H](c2cc(-c3ccc(C(F)(F)F)cc3)ccn2)CCC12CCNC(=O)C2. The average Bonchev–Trinajstić information content (AvgIpc) is 3.04. The molecule has 2 aliphatic heterocycles. The molecule has 2 saturated heterocycles. The molecule has 0 radical (unpaired) electrons.